The first-order valence-corrected chi connectivity index (χ1v) is 4.63. The van der Waals surface area contributed by atoms with Gasteiger partial charge >= 0.3 is 0 Å². The molecule has 0 aliphatic rings. The summed E-state index contributed by atoms with van der Waals surface area (Å²) >= 11 is 3.26. The average molecular weight is 250 g/mol. The Kier molecular flexibility index (Phi) is 2.10. The summed E-state index contributed by atoms with van der Waals surface area (Å²) in [6.45, 7) is 0. The molecule has 1 aromatic heterocycles. The van der Waals surface area contributed by atoms with E-state index in [2.05, 4.69) is 15.9 Å². The molecule has 2 rings (SSSR count). The number of nitrogens with zero attached hydrogens (tertiary/aromatic N) is 1. The van der Waals surface area contributed by atoms with Crippen molar-refractivity contribution in [1.82, 2.24) is 0 Å². The van der Waals surface area contributed by atoms with Gasteiger partial charge in [0.1, 0.15) is 11.7 Å². The summed E-state index contributed by atoms with van der Waals surface area (Å²) in [6, 6.07) is 8.07. The molecule has 68 valence electrons. The highest BCUT2D eigenvalue weighted by Crippen LogP contribution is 2.17. The van der Waals surface area contributed by atoms with Crippen molar-refractivity contribution in [3.63, 3.8) is 0 Å². The highest BCUT2D eigenvalue weighted by molar-refractivity contribution is 9.10. The number of halogens is 1. The van der Waals surface area contributed by atoms with E-state index in [1.807, 2.05) is 0 Å². The number of fused-ring (bicyclic) bond motifs is 1. The van der Waals surface area contributed by atoms with Crippen LogP contribution >= 0.6 is 15.9 Å². The maximum absolute atomic E-state index is 11.5. The molecule has 0 saturated carbocycles. The maximum atomic E-state index is 11.5. The molecule has 0 unspecified atom stereocenters. The van der Waals surface area contributed by atoms with Gasteiger partial charge in [-0.05, 0) is 18.2 Å². The minimum absolute atomic E-state index is 0.0322. The van der Waals surface area contributed by atoms with Crippen LogP contribution < -0.4 is 5.43 Å². The van der Waals surface area contributed by atoms with Crippen LogP contribution in [0.25, 0.3) is 11.0 Å². The lowest BCUT2D eigenvalue weighted by Crippen LogP contribution is -2.00. The summed E-state index contributed by atoms with van der Waals surface area (Å²) < 4.78 is 5.97. The molecule has 0 saturated heterocycles. The van der Waals surface area contributed by atoms with E-state index >= 15 is 0 Å². The van der Waals surface area contributed by atoms with Gasteiger partial charge in [-0.3, -0.25) is 4.79 Å². The summed E-state index contributed by atoms with van der Waals surface area (Å²) in [5, 5.41) is 9.05. The van der Waals surface area contributed by atoms with Crippen LogP contribution in [-0.2, 0) is 0 Å². The minimum Gasteiger partial charge on any atom is -0.445 e. The Bertz CT molecular complexity index is 595. The van der Waals surface area contributed by atoms with Crippen LogP contribution in [0.1, 0.15) is 5.76 Å². The summed E-state index contributed by atoms with van der Waals surface area (Å²) in [7, 11) is 0. The second kappa shape index (κ2) is 3.28. The van der Waals surface area contributed by atoms with Crippen molar-refractivity contribution in [2.75, 3.05) is 0 Å². The maximum Gasteiger partial charge on any atom is 0.207 e. The lowest BCUT2D eigenvalue weighted by atomic mass is 10.2. The van der Waals surface area contributed by atoms with Crippen LogP contribution in [0, 0.1) is 11.3 Å². The quantitative estimate of drug-likeness (QED) is 0.721. The van der Waals surface area contributed by atoms with E-state index in [0.717, 1.165) is 4.47 Å². The molecule has 4 heteroatoms. The third kappa shape index (κ3) is 1.42. The van der Waals surface area contributed by atoms with Crippen LogP contribution in [0.4, 0.5) is 0 Å². The Hall–Kier alpha value is -1.60. The Morgan fingerprint density at radius 1 is 1.36 bits per heavy atom. The fraction of sp³-hybridized carbons (Fsp3) is 0. The molecule has 0 aliphatic carbocycles. The summed E-state index contributed by atoms with van der Waals surface area (Å²) in [5.41, 5.74) is 0.223. The van der Waals surface area contributed by atoms with Gasteiger partial charge in [0.15, 0.2) is 5.43 Å². The Morgan fingerprint density at radius 2 is 2.14 bits per heavy atom. The largest absolute Gasteiger partial charge is 0.445 e. The Balaban J connectivity index is 2.92. The molecular formula is C10H4BrNO2. The summed E-state index contributed by atoms with van der Waals surface area (Å²) in [4.78, 5) is 11.5. The highest BCUT2D eigenvalue weighted by Gasteiger charge is 2.03. The van der Waals surface area contributed by atoms with Crippen LogP contribution in [-0.4, -0.2) is 0 Å². The first-order chi connectivity index (χ1) is 6.70. The Morgan fingerprint density at radius 3 is 2.86 bits per heavy atom. The number of benzene rings is 1. The average Bonchev–Trinajstić information content (AvgIpc) is 2.19. The smallest absolute Gasteiger partial charge is 0.207 e. The van der Waals surface area contributed by atoms with Gasteiger partial charge in [-0.1, -0.05) is 15.9 Å². The number of hydrogen-bond acceptors (Lipinski definition) is 3. The predicted molar refractivity (Wildman–Crippen MR) is 54.9 cm³/mol. The van der Waals surface area contributed by atoms with Gasteiger partial charge < -0.3 is 4.42 Å². The van der Waals surface area contributed by atoms with Gasteiger partial charge in [0.2, 0.25) is 5.76 Å². The van der Waals surface area contributed by atoms with Crippen LogP contribution in [0.2, 0.25) is 0 Å². The van der Waals surface area contributed by atoms with E-state index in [4.69, 9.17) is 9.68 Å². The molecular weight excluding hydrogens is 246 g/mol. The van der Waals surface area contributed by atoms with Gasteiger partial charge in [0.25, 0.3) is 0 Å². The van der Waals surface area contributed by atoms with Crippen molar-refractivity contribution in [3.8, 4) is 6.07 Å². The van der Waals surface area contributed by atoms with E-state index in [1.165, 1.54) is 6.07 Å². The zero-order valence-electron chi connectivity index (χ0n) is 6.95. The zero-order valence-corrected chi connectivity index (χ0v) is 8.54. The van der Waals surface area contributed by atoms with Crippen molar-refractivity contribution in [3.05, 3.63) is 44.7 Å². The number of rotatable bonds is 0. The molecule has 2 aromatic rings. The molecule has 0 bridgehead atoms. The normalized spacial score (nSPS) is 10.0. The second-order valence-corrected chi connectivity index (χ2v) is 3.64. The first-order valence-electron chi connectivity index (χ1n) is 3.84. The predicted octanol–water partition coefficient (Wildman–Crippen LogP) is 2.43. The van der Waals surface area contributed by atoms with E-state index in [1.54, 1.807) is 24.3 Å². The van der Waals surface area contributed by atoms with E-state index in [0.29, 0.717) is 11.0 Å². The minimum atomic E-state index is -0.205. The lowest BCUT2D eigenvalue weighted by molar-refractivity contribution is 0.586. The summed E-state index contributed by atoms with van der Waals surface area (Å²) in [5.74, 6) is 0.0322. The Labute approximate surface area is 87.7 Å². The molecule has 0 amide bonds. The highest BCUT2D eigenvalue weighted by atomic mass is 79.9. The zero-order chi connectivity index (χ0) is 10.1. The summed E-state index contributed by atoms with van der Waals surface area (Å²) in [6.07, 6.45) is 0. The van der Waals surface area contributed by atoms with Crippen molar-refractivity contribution < 1.29 is 4.42 Å². The van der Waals surface area contributed by atoms with Crippen molar-refractivity contribution in [1.29, 1.82) is 5.26 Å². The number of hydrogen-bond donors (Lipinski definition) is 0. The topological polar surface area (TPSA) is 54.0 Å². The molecule has 14 heavy (non-hydrogen) atoms. The second-order valence-electron chi connectivity index (χ2n) is 2.73. The number of nitriles is 1. The van der Waals surface area contributed by atoms with Crippen LogP contribution in [0.3, 0.4) is 0 Å². The third-order valence-corrected chi connectivity index (χ3v) is 2.29. The van der Waals surface area contributed by atoms with Crippen molar-refractivity contribution >= 4 is 26.9 Å². The van der Waals surface area contributed by atoms with Gasteiger partial charge in [0.05, 0.1) is 5.39 Å². The van der Waals surface area contributed by atoms with E-state index < -0.39 is 0 Å². The fourth-order valence-corrected chi connectivity index (χ4v) is 1.54. The van der Waals surface area contributed by atoms with E-state index in [-0.39, 0.29) is 11.2 Å². The molecule has 3 nitrogen and oxygen atoms in total. The third-order valence-electron chi connectivity index (χ3n) is 1.80. The van der Waals surface area contributed by atoms with Gasteiger partial charge in [0, 0.05) is 10.5 Å². The fourth-order valence-electron chi connectivity index (χ4n) is 1.18. The molecule has 1 aromatic carbocycles. The molecule has 0 spiro atoms. The van der Waals surface area contributed by atoms with Gasteiger partial charge in [-0.2, -0.15) is 5.26 Å². The van der Waals surface area contributed by atoms with Crippen LogP contribution in [0.5, 0.6) is 0 Å². The first kappa shape index (κ1) is 8.97. The van der Waals surface area contributed by atoms with Crippen molar-refractivity contribution in [2.45, 2.75) is 0 Å². The monoisotopic (exact) mass is 249 g/mol. The van der Waals surface area contributed by atoms with Crippen molar-refractivity contribution in [2.24, 2.45) is 0 Å². The molecule has 1 heterocycles. The van der Waals surface area contributed by atoms with Gasteiger partial charge in [-0.15, -0.1) is 0 Å². The molecule has 0 N–H and O–H groups in total. The SMILES string of the molecule is N#Cc1cc(=O)c2cc(Br)ccc2o1. The molecule has 0 atom stereocenters. The molecule has 0 fully saturated rings. The van der Waals surface area contributed by atoms with Gasteiger partial charge in [-0.25, -0.2) is 0 Å². The molecule has 0 aliphatic heterocycles. The van der Waals surface area contributed by atoms with E-state index in [9.17, 15) is 4.79 Å². The standard InChI is InChI=1S/C10H4BrNO2/c11-6-1-2-10-8(3-6)9(13)4-7(5-12)14-10/h1-4H. The molecule has 0 radical (unpaired) electrons. The lowest BCUT2D eigenvalue weighted by Gasteiger charge is -1.96. The van der Waals surface area contributed by atoms with Crippen LogP contribution in [0.15, 0.2) is 37.9 Å².